The first kappa shape index (κ1) is 23.5. The fourth-order valence-corrected chi connectivity index (χ4v) is 4.35. The summed E-state index contributed by atoms with van der Waals surface area (Å²) in [4.78, 5) is 11.9. The number of aromatic carboxylic acids is 1. The standard InChI is InChI=1S/C21H21NO6S.ClH/c22-10-4-11-28-20-18(21(23)24)8-7-16(19(20)15-9-12-27-13-15)14-29(25,26)17-5-2-1-3-6-17;/h1-3,5-9,12-13H,4,10-11,14,22H2,(H,23,24);1H. The smallest absolute Gasteiger partial charge is 0.339 e. The van der Waals surface area contributed by atoms with Crippen molar-refractivity contribution in [2.45, 2.75) is 17.1 Å². The predicted molar refractivity (Wildman–Crippen MR) is 115 cm³/mol. The van der Waals surface area contributed by atoms with Gasteiger partial charge in [0.2, 0.25) is 0 Å². The molecule has 0 aliphatic rings. The maximum Gasteiger partial charge on any atom is 0.339 e. The van der Waals surface area contributed by atoms with Gasteiger partial charge in [-0.25, -0.2) is 13.2 Å². The number of rotatable bonds is 9. The number of benzene rings is 2. The first-order valence-electron chi connectivity index (χ1n) is 8.96. The van der Waals surface area contributed by atoms with Gasteiger partial charge in [-0.3, -0.25) is 0 Å². The van der Waals surface area contributed by atoms with Gasteiger partial charge in [-0.1, -0.05) is 24.3 Å². The molecule has 0 amide bonds. The molecule has 0 aliphatic heterocycles. The summed E-state index contributed by atoms with van der Waals surface area (Å²) in [6, 6.07) is 12.6. The molecule has 9 heteroatoms. The summed E-state index contributed by atoms with van der Waals surface area (Å²) in [6.45, 7) is 0.585. The summed E-state index contributed by atoms with van der Waals surface area (Å²) >= 11 is 0. The first-order valence-corrected chi connectivity index (χ1v) is 10.6. The lowest BCUT2D eigenvalue weighted by Crippen LogP contribution is -2.12. The minimum absolute atomic E-state index is 0. The minimum Gasteiger partial charge on any atom is -0.492 e. The van der Waals surface area contributed by atoms with E-state index in [1.807, 2.05) is 0 Å². The Balaban J connectivity index is 0.00000320. The number of nitrogens with two attached hydrogens (primary N) is 1. The maximum atomic E-state index is 12.9. The average Bonchev–Trinajstić information content (AvgIpc) is 3.23. The van der Waals surface area contributed by atoms with Gasteiger partial charge in [-0.05, 0) is 42.8 Å². The fraction of sp³-hybridized carbons (Fsp3) is 0.190. The van der Waals surface area contributed by atoms with Crippen LogP contribution in [0.2, 0.25) is 0 Å². The molecule has 0 unspecified atom stereocenters. The molecular formula is C21H22ClNO6S. The maximum absolute atomic E-state index is 12.9. The van der Waals surface area contributed by atoms with Crippen LogP contribution < -0.4 is 10.5 Å². The third-order valence-corrected chi connectivity index (χ3v) is 6.01. The van der Waals surface area contributed by atoms with Gasteiger partial charge in [0.15, 0.2) is 9.84 Å². The van der Waals surface area contributed by atoms with E-state index in [9.17, 15) is 18.3 Å². The van der Waals surface area contributed by atoms with Crippen LogP contribution >= 0.6 is 12.4 Å². The van der Waals surface area contributed by atoms with Gasteiger partial charge in [0.25, 0.3) is 0 Å². The van der Waals surface area contributed by atoms with Crippen molar-refractivity contribution in [1.29, 1.82) is 0 Å². The van der Waals surface area contributed by atoms with Crippen LogP contribution in [0, 0.1) is 0 Å². The molecule has 0 spiro atoms. The van der Waals surface area contributed by atoms with E-state index in [1.165, 1.54) is 36.8 Å². The summed E-state index contributed by atoms with van der Waals surface area (Å²) < 4.78 is 36.7. The molecule has 3 N–H and O–H groups in total. The van der Waals surface area contributed by atoms with Gasteiger partial charge in [-0.2, -0.15) is 0 Å². The van der Waals surface area contributed by atoms with Crippen molar-refractivity contribution in [2.75, 3.05) is 13.2 Å². The Hall–Kier alpha value is -2.81. The summed E-state index contributed by atoms with van der Waals surface area (Å²) in [6.07, 6.45) is 3.38. The SMILES string of the molecule is Cl.NCCCOc1c(C(=O)O)ccc(CS(=O)(=O)c2ccccc2)c1-c1ccoc1. The number of hydrogen-bond acceptors (Lipinski definition) is 6. The van der Waals surface area contributed by atoms with Gasteiger partial charge >= 0.3 is 5.97 Å². The highest BCUT2D eigenvalue weighted by atomic mass is 35.5. The van der Waals surface area contributed by atoms with E-state index in [4.69, 9.17) is 14.9 Å². The lowest BCUT2D eigenvalue weighted by atomic mass is 9.98. The Bertz CT molecular complexity index is 1080. The molecule has 30 heavy (non-hydrogen) atoms. The van der Waals surface area contributed by atoms with Crippen molar-refractivity contribution in [3.8, 4) is 16.9 Å². The molecule has 0 aliphatic carbocycles. The molecule has 3 rings (SSSR count). The number of ether oxygens (including phenoxy) is 1. The quantitative estimate of drug-likeness (QED) is 0.475. The highest BCUT2D eigenvalue weighted by Gasteiger charge is 2.25. The number of carbonyl (C=O) groups is 1. The topological polar surface area (TPSA) is 120 Å². The van der Waals surface area contributed by atoms with Crippen LogP contribution in [0.25, 0.3) is 11.1 Å². The lowest BCUT2D eigenvalue weighted by molar-refractivity contribution is 0.0692. The Morgan fingerprint density at radius 1 is 1.10 bits per heavy atom. The van der Waals surface area contributed by atoms with E-state index in [1.54, 1.807) is 24.3 Å². The van der Waals surface area contributed by atoms with Gasteiger partial charge in [0.1, 0.15) is 11.3 Å². The fourth-order valence-electron chi connectivity index (χ4n) is 2.96. The van der Waals surface area contributed by atoms with E-state index < -0.39 is 15.8 Å². The number of halogens is 1. The van der Waals surface area contributed by atoms with Crippen LogP contribution in [-0.2, 0) is 15.6 Å². The second kappa shape index (κ2) is 10.3. The highest BCUT2D eigenvalue weighted by Crippen LogP contribution is 2.38. The van der Waals surface area contributed by atoms with E-state index in [0.29, 0.717) is 29.7 Å². The van der Waals surface area contributed by atoms with Crippen molar-refractivity contribution in [1.82, 2.24) is 0 Å². The zero-order chi connectivity index (χ0) is 20.9. The molecule has 160 valence electrons. The van der Waals surface area contributed by atoms with E-state index >= 15 is 0 Å². The molecule has 2 aromatic carbocycles. The lowest BCUT2D eigenvalue weighted by Gasteiger charge is -2.17. The van der Waals surface area contributed by atoms with E-state index in [-0.39, 0.29) is 41.0 Å². The molecule has 3 aromatic rings. The average molecular weight is 452 g/mol. The molecule has 0 saturated heterocycles. The van der Waals surface area contributed by atoms with Crippen LogP contribution in [0.1, 0.15) is 22.3 Å². The van der Waals surface area contributed by atoms with Crippen LogP contribution in [0.3, 0.4) is 0 Å². The summed E-state index contributed by atoms with van der Waals surface area (Å²) in [7, 11) is -3.66. The van der Waals surface area contributed by atoms with Crippen molar-refractivity contribution < 1.29 is 27.5 Å². The Labute approximate surface area is 180 Å². The summed E-state index contributed by atoms with van der Waals surface area (Å²) in [5.74, 6) is -1.38. The van der Waals surface area contributed by atoms with Crippen molar-refractivity contribution in [3.05, 3.63) is 72.2 Å². The number of furan rings is 1. The van der Waals surface area contributed by atoms with Gasteiger partial charge in [0.05, 0.1) is 29.8 Å². The normalized spacial score (nSPS) is 11.0. The number of carboxylic acids is 1. The molecule has 0 bridgehead atoms. The molecule has 1 heterocycles. The van der Waals surface area contributed by atoms with Crippen LogP contribution in [0.15, 0.2) is 70.4 Å². The summed E-state index contributed by atoms with van der Waals surface area (Å²) in [5, 5.41) is 9.60. The van der Waals surface area contributed by atoms with Crippen LogP contribution in [0.5, 0.6) is 5.75 Å². The van der Waals surface area contributed by atoms with Gasteiger partial charge in [0, 0.05) is 11.1 Å². The number of carboxylic acid groups (broad SMARTS) is 1. The van der Waals surface area contributed by atoms with Crippen molar-refractivity contribution >= 4 is 28.2 Å². The number of sulfone groups is 1. The van der Waals surface area contributed by atoms with Crippen molar-refractivity contribution in [3.63, 3.8) is 0 Å². The van der Waals surface area contributed by atoms with Gasteiger partial charge < -0.3 is 20.0 Å². The third kappa shape index (κ3) is 5.21. The number of hydrogen-bond donors (Lipinski definition) is 2. The zero-order valence-corrected chi connectivity index (χ0v) is 17.6. The Kier molecular flexibility index (Phi) is 8.05. The third-order valence-electron chi connectivity index (χ3n) is 4.33. The molecule has 0 radical (unpaired) electrons. The van der Waals surface area contributed by atoms with E-state index in [2.05, 4.69) is 0 Å². The molecule has 0 saturated carbocycles. The van der Waals surface area contributed by atoms with E-state index in [0.717, 1.165) is 0 Å². The monoisotopic (exact) mass is 451 g/mol. The zero-order valence-electron chi connectivity index (χ0n) is 16.0. The minimum atomic E-state index is -3.66. The Morgan fingerprint density at radius 3 is 2.43 bits per heavy atom. The second-order valence-corrected chi connectivity index (χ2v) is 8.35. The molecule has 0 atom stereocenters. The van der Waals surface area contributed by atoms with Crippen molar-refractivity contribution in [2.24, 2.45) is 5.73 Å². The highest BCUT2D eigenvalue weighted by molar-refractivity contribution is 7.90. The van der Waals surface area contributed by atoms with Gasteiger partial charge in [-0.15, -0.1) is 12.4 Å². The Morgan fingerprint density at radius 2 is 1.83 bits per heavy atom. The van der Waals surface area contributed by atoms with Crippen LogP contribution in [0.4, 0.5) is 0 Å². The largest absolute Gasteiger partial charge is 0.492 e. The first-order chi connectivity index (χ1) is 13.9. The molecule has 0 fully saturated rings. The summed E-state index contributed by atoms with van der Waals surface area (Å²) in [5.41, 5.74) is 6.79. The molecular weight excluding hydrogens is 430 g/mol. The molecule has 7 nitrogen and oxygen atoms in total. The second-order valence-electron chi connectivity index (χ2n) is 6.36. The predicted octanol–water partition coefficient (Wildman–Crippen LogP) is 3.77. The molecule has 1 aromatic heterocycles. The van der Waals surface area contributed by atoms with Crippen LogP contribution in [-0.4, -0.2) is 32.6 Å².